The Balaban J connectivity index is 1.86. The quantitative estimate of drug-likeness (QED) is 0.840. The summed E-state index contributed by atoms with van der Waals surface area (Å²) < 4.78 is 5.83. The normalized spacial score (nSPS) is 24.2. The Morgan fingerprint density at radius 3 is 2.92 bits per heavy atom. The van der Waals surface area contributed by atoms with Crippen LogP contribution in [0.1, 0.15) is 29.2 Å². The molecule has 1 aromatic carbocycles. The predicted molar refractivity (Wildman–Crippen MR) is 99.7 cm³/mol. The highest BCUT2D eigenvalue weighted by molar-refractivity contribution is 7.12. The monoisotopic (exact) mass is 366 g/mol. The van der Waals surface area contributed by atoms with Gasteiger partial charge in [0.2, 0.25) is 5.91 Å². The van der Waals surface area contributed by atoms with Gasteiger partial charge in [-0.05, 0) is 31.2 Å². The molecule has 0 unspecified atom stereocenters. The SMILES string of the molecule is C[C@@H]1C(=O)N(C)C(N)=N[C@]1(C)c1cc2c(s1)COc1ccc(C#N)cc1-2. The first-order valence-electron chi connectivity index (χ1n) is 8.28. The highest BCUT2D eigenvalue weighted by atomic mass is 32.1. The summed E-state index contributed by atoms with van der Waals surface area (Å²) in [7, 11) is 1.64. The molecule has 26 heavy (non-hydrogen) atoms. The Morgan fingerprint density at radius 2 is 2.19 bits per heavy atom. The Kier molecular flexibility index (Phi) is 3.56. The van der Waals surface area contributed by atoms with Crippen molar-refractivity contribution in [2.24, 2.45) is 16.6 Å². The molecular formula is C19H18N4O2S. The number of thiophene rings is 1. The molecule has 2 N–H and O–H groups in total. The lowest BCUT2D eigenvalue weighted by atomic mass is 9.83. The summed E-state index contributed by atoms with van der Waals surface area (Å²) in [6.07, 6.45) is 0. The van der Waals surface area contributed by atoms with Crippen molar-refractivity contribution in [3.63, 3.8) is 0 Å². The third-order valence-electron chi connectivity index (χ3n) is 5.30. The molecule has 2 aromatic rings. The fourth-order valence-corrected chi connectivity index (χ4v) is 4.68. The Hall–Kier alpha value is -2.85. The smallest absolute Gasteiger partial charge is 0.234 e. The minimum atomic E-state index is -0.720. The molecule has 7 heteroatoms. The molecule has 1 amide bonds. The maximum absolute atomic E-state index is 12.6. The number of nitrogens with zero attached hydrogens (tertiary/aromatic N) is 3. The molecule has 132 valence electrons. The van der Waals surface area contributed by atoms with E-state index < -0.39 is 5.54 Å². The second kappa shape index (κ2) is 5.58. The summed E-state index contributed by atoms with van der Waals surface area (Å²) >= 11 is 1.59. The van der Waals surface area contributed by atoms with Crippen LogP contribution in [0.25, 0.3) is 11.1 Å². The molecule has 0 fully saturated rings. The number of benzene rings is 1. The van der Waals surface area contributed by atoms with Crippen molar-refractivity contribution in [3.8, 4) is 22.9 Å². The summed E-state index contributed by atoms with van der Waals surface area (Å²) in [6, 6.07) is 9.65. The van der Waals surface area contributed by atoms with Gasteiger partial charge in [-0.2, -0.15) is 5.26 Å². The average Bonchev–Trinajstić information content (AvgIpc) is 3.10. The van der Waals surface area contributed by atoms with E-state index in [4.69, 9.17) is 10.5 Å². The van der Waals surface area contributed by atoms with Crippen LogP contribution in [0.5, 0.6) is 5.75 Å². The van der Waals surface area contributed by atoms with E-state index in [1.165, 1.54) is 4.90 Å². The molecule has 6 nitrogen and oxygen atoms in total. The maximum atomic E-state index is 12.6. The van der Waals surface area contributed by atoms with Crippen LogP contribution in [0.3, 0.4) is 0 Å². The van der Waals surface area contributed by atoms with Crippen LogP contribution in [-0.4, -0.2) is 23.8 Å². The second-order valence-electron chi connectivity index (χ2n) is 6.80. The van der Waals surface area contributed by atoms with Crippen LogP contribution in [-0.2, 0) is 16.9 Å². The number of hydrogen-bond acceptors (Lipinski definition) is 6. The highest BCUT2D eigenvalue weighted by Gasteiger charge is 2.45. The number of aliphatic imine (C=N–C) groups is 1. The van der Waals surface area contributed by atoms with Crippen molar-refractivity contribution in [3.05, 3.63) is 39.6 Å². The third kappa shape index (κ3) is 2.22. The molecule has 0 aliphatic carbocycles. The number of guanidine groups is 1. The first kappa shape index (κ1) is 16.6. The minimum absolute atomic E-state index is 0.0465. The van der Waals surface area contributed by atoms with E-state index in [9.17, 15) is 10.1 Å². The fraction of sp³-hybridized carbons (Fsp3) is 0.316. The van der Waals surface area contributed by atoms with E-state index in [1.54, 1.807) is 24.5 Å². The lowest BCUT2D eigenvalue weighted by Crippen LogP contribution is -2.52. The van der Waals surface area contributed by atoms with Crippen LogP contribution in [0.15, 0.2) is 29.3 Å². The zero-order valence-electron chi connectivity index (χ0n) is 14.7. The van der Waals surface area contributed by atoms with Crippen molar-refractivity contribution in [1.82, 2.24) is 4.90 Å². The molecule has 2 aliphatic rings. The van der Waals surface area contributed by atoms with E-state index in [-0.39, 0.29) is 17.8 Å². The van der Waals surface area contributed by atoms with Crippen molar-refractivity contribution in [1.29, 1.82) is 5.26 Å². The molecular weight excluding hydrogens is 348 g/mol. The average molecular weight is 366 g/mol. The largest absolute Gasteiger partial charge is 0.487 e. The van der Waals surface area contributed by atoms with Gasteiger partial charge in [0.25, 0.3) is 0 Å². The van der Waals surface area contributed by atoms with Crippen LogP contribution in [0, 0.1) is 17.2 Å². The first-order chi connectivity index (χ1) is 12.3. The van der Waals surface area contributed by atoms with Gasteiger partial charge in [0, 0.05) is 23.1 Å². The number of nitrogens with two attached hydrogens (primary N) is 1. The van der Waals surface area contributed by atoms with E-state index in [2.05, 4.69) is 17.1 Å². The summed E-state index contributed by atoms with van der Waals surface area (Å²) in [5.74, 6) is 0.618. The number of nitriles is 1. The van der Waals surface area contributed by atoms with Gasteiger partial charge in [0.15, 0.2) is 5.96 Å². The standard InChI is InChI=1S/C19H18N4O2S/c1-10-17(24)23(3)18(21)22-19(10,2)16-7-13-12-6-11(8-20)4-5-14(12)25-9-15(13)26-16/h4-7,10H,9H2,1-3H3,(H2,21,22)/t10-,19+/m1/s1. The van der Waals surface area contributed by atoms with E-state index >= 15 is 0 Å². The Morgan fingerprint density at radius 1 is 1.42 bits per heavy atom. The molecule has 0 radical (unpaired) electrons. The van der Waals surface area contributed by atoms with E-state index in [1.807, 2.05) is 26.0 Å². The molecule has 0 spiro atoms. The Bertz CT molecular complexity index is 1000. The molecule has 3 heterocycles. The van der Waals surface area contributed by atoms with Gasteiger partial charge >= 0.3 is 0 Å². The molecule has 2 aliphatic heterocycles. The van der Waals surface area contributed by atoms with Gasteiger partial charge in [-0.25, -0.2) is 4.99 Å². The van der Waals surface area contributed by atoms with Gasteiger partial charge in [-0.3, -0.25) is 9.69 Å². The van der Waals surface area contributed by atoms with Crippen LogP contribution in [0.2, 0.25) is 0 Å². The summed E-state index contributed by atoms with van der Waals surface area (Å²) in [5.41, 5.74) is 7.79. The van der Waals surface area contributed by atoms with E-state index in [0.29, 0.717) is 12.2 Å². The number of carbonyl (C=O) groups is 1. The van der Waals surface area contributed by atoms with Crippen molar-refractivity contribution in [2.45, 2.75) is 26.0 Å². The topological polar surface area (TPSA) is 91.7 Å². The van der Waals surface area contributed by atoms with Crippen LogP contribution < -0.4 is 10.5 Å². The number of carbonyl (C=O) groups excluding carboxylic acids is 1. The fourth-order valence-electron chi connectivity index (χ4n) is 3.41. The summed E-state index contributed by atoms with van der Waals surface area (Å²) in [4.78, 5) is 20.6. The maximum Gasteiger partial charge on any atom is 0.234 e. The van der Waals surface area contributed by atoms with E-state index in [0.717, 1.165) is 26.6 Å². The van der Waals surface area contributed by atoms with Gasteiger partial charge in [-0.15, -0.1) is 11.3 Å². The zero-order valence-corrected chi connectivity index (χ0v) is 15.6. The number of rotatable bonds is 1. The summed E-state index contributed by atoms with van der Waals surface area (Å²) in [5, 5.41) is 9.19. The minimum Gasteiger partial charge on any atom is -0.487 e. The predicted octanol–water partition coefficient (Wildman–Crippen LogP) is 2.82. The Labute approximate surface area is 155 Å². The molecule has 0 saturated heterocycles. The van der Waals surface area contributed by atoms with Crippen LogP contribution in [0.4, 0.5) is 0 Å². The molecule has 2 atom stereocenters. The molecule has 0 saturated carbocycles. The first-order valence-corrected chi connectivity index (χ1v) is 9.10. The van der Waals surface area contributed by atoms with Gasteiger partial charge in [0.1, 0.15) is 17.9 Å². The van der Waals surface area contributed by atoms with Crippen LogP contribution >= 0.6 is 11.3 Å². The number of fused-ring (bicyclic) bond motifs is 3. The number of amides is 1. The van der Waals surface area contributed by atoms with Gasteiger partial charge in [0.05, 0.1) is 22.4 Å². The molecule has 4 rings (SSSR count). The zero-order chi connectivity index (χ0) is 18.6. The second-order valence-corrected chi connectivity index (χ2v) is 7.93. The molecule has 1 aromatic heterocycles. The van der Waals surface area contributed by atoms with Crippen molar-refractivity contribution in [2.75, 3.05) is 7.05 Å². The number of hydrogen-bond donors (Lipinski definition) is 1. The lowest BCUT2D eigenvalue weighted by molar-refractivity contribution is -0.133. The highest BCUT2D eigenvalue weighted by Crippen LogP contribution is 2.48. The van der Waals surface area contributed by atoms with Gasteiger partial charge in [-0.1, -0.05) is 6.92 Å². The van der Waals surface area contributed by atoms with Gasteiger partial charge < -0.3 is 10.5 Å². The summed E-state index contributed by atoms with van der Waals surface area (Å²) in [6.45, 7) is 4.29. The third-order valence-corrected chi connectivity index (χ3v) is 6.64. The van der Waals surface area contributed by atoms with Crippen molar-refractivity contribution < 1.29 is 9.53 Å². The van der Waals surface area contributed by atoms with Crippen molar-refractivity contribution >= 4 is 23.2 Å². The lowest BCUT2D eigenvalue weighted by Gasteiger charge is -2.37. The molecule has 0 bridgehead atoms. The number of ether oxygens (including phenoxy) is 1.